The Morgan fingerprint density at radius 1 is 0.733 bits per heavy atom. The molecule has 0 fully saturated rings. The van der Waals surface area contributed by atoms with Crippen molar-refractivity contribution in [3.8, 4) is 0 Å². The lowest BCUT2D eigenvalue weighted by Crippen LogP contribution is -2.45. The maximum absolute atomic E-state index is 12.5. The predicted molar refractivity (Wildman–Crippen MR) is 116 cm³/mol. The number of nitrogens with two attached hydrogens (primary N) is 1. The number of carbonyl (C=O) groups is 3. The second-order valence-corrected chi connectivity index (χ2v) is 7.10. The van der Waals surface area contributed by atoms with Gasteiger partial charge in [0.2, 0.25) is 11.8 Å². The second-order valence-electron chi connectivity index (χ2n) is 7.10. The van der Waals surface area contributed by atoms with Crippen LogP contribution in [0.1, 0.15) is 33.5 Å². The highest BCUT2D eigenvalue weighted by atomic mass is 16.2. The van der Waals surface area contributed by atoms with Crippen LogP contribution in [-0.4, -0.2) is 23.6 Å². The highest BCUT2D eigenvalue weighted by Gasteiger charge is 2.19. The van der Waals surface area contributed by atoms with Crippen molar-refractivity contribution < 1.29 is 14.4 Å². The molecule has 30 heavy (non-hydrogen) atoms. The summed E-state index contributed by atoms with van der Waals surface area (Å²) in [6, 6.07) is 24.9. The predicted octanol–water partition coefficient (Wildman–Crippen LogP) is 3.06. The van der Waals surface area contributed by atoms with Crippen LogP contribution in [0.4, 0.5) is 0 Å². The molecule has 0 bridgehead atoms. The lowest BCUT2D eigenvalue weighted by molar-refractivity contribution is -0.127. The first-order valence-corrected chi connectivity index (χ1v) is 9.84. The molecular formula is C25H24N2O3. The quantitative estimate of drug-likeness (QED) is 0.541. The van der Waals surface area contributed by atoms with Crippen LogP contribution in [0.25, 0.3) is 0 Å². The van der Waals surface area contributed by atoms with Gasteiger partial charge in [-0.25, -0.2) is 0 Å². The minimum absolute atomic E-state index is 0.0668. The molecule has 3 N–H and O–H groups in total. The Bertz CT molecular complexity index is 1000. The van der Waals surface area contributed by atoms with Crippen molar-refractivity contribution in [3.63, 3.8) is 0 Å². The van der Waals surface area contributed by atoms with Gasteiger partial charge in [0.25, 0.3) is 0 Å². The van der Waals surface area contributed by atoms with Crippen LogP contribution in [0.3, 0.4) is 0 Å². The Labute approximate surface area is 175 Å². The van der Waals surface area contributed by atoms with E-state index < -0.39 is 11.9 Å². The first kappa shape index (κ1) is 21.0. The van der Waals surface area contributed by atoms with Crippen molar-refractivity contribution in [2.75, 3.05) is 0 Å². The summed E-state index contributed by atoms with van der Waals surface area (Å²) in [6.45, 7) is 0. The third-order valence-corrected chi connectivity index (χ3v) is 4.85. The molecule has 0 saturated heterocycles. The molecule has 0 saturated carbocycles. The zero-order chi connectivity index (χ0) is 21.3. The zero-order valence-electron chi connectivity index (χ0n) is 16.6. The van der Waals surface area contributed by atoms with Gasteiger partial charge < -0.3 is 11.1 Å². The van der Waals surface area contributed by atoms with Crippen molar-refractivity contribution in [2.45, 2.75) is 25.3 Å². The molecule has 3 rings (SSSR count). The van der Waals surface area contributed by atoms with Gasteiger partial charge in [0.1, 0.15) is 6.04 Å². The molecule has 0 radical (unpaired) electrons. The van der Waals surface area contributed by atoms with E-state index in [1.54, 1.807) is 36.4 Å². The van der Waals surface area contributed by atoms with Gasteiger partial charge in [0.05, 0.1) is 0 Å². The largest absolute Gasteiger partial charge is 0.368 e. The van der Waals surface area contributed by atoms with Gasteiger partial charge in [0, 0.05) is 24.0 Å². The number of hydrogen-bond donors (Lipinski definition) is 2. The number of rotatable bonds is 9. The van der Waals surface area contributed by atoms with E-state index in [9.17, 15) is 14.4 Å². The SMILES string of the molecule is NC(=O)[C@H](Cc1ccc(C(=O)c2ccccc2)cc1)NC(=O)CCc1ccccc1. The standard InChI is InChI=1S/C25H24N2O3/c26-25(30)22(27-23(28)16-13-18-7-3-1-4-8-18)17-19-11-14-21(15-12-19)24(29)20-9-5-2-6-10-20/h1-12,14-15,22H,13,16-17H2,(H2,26,30)(H,27,28)/t22-/m0/s1. The van der Waals surface area contributed by atoms with Crippen molar-refractivity contribution in [2.24, 2.45) is 5.73 Å². The number of amides is 2. The van der Waals surface area contributed by atoms with E-state index >= 15 is 0 Å². The summed E-state index contributed by atoms with van der Waals surface area (Å²) < 4.78 is 0. The van der Waals surface area contributed by atoms with Crippen molar-refractivity contribution in [1.29, 1.82) is 0 Å². The maximum Gasteiger partial charge on any atom is 0.240 e. The molecule has 0 aliphatic carbocycles. The number of primary amides is 1. The molecule has 3 aromatic rings. The van der Waals surface area contributed by atoms with Gasteiger partial charge in [-0.05, 0) is 17.5 Å². The molecule has 0 aliphatic heterocycles. The summed E-state index contributed by atoms with van der Waals surface area (Å²) in [5.74, 6) is -0.881. The van der Waals surface area contributed by atoms with E-state index in [1.807, 2.05) is 48.5 Å². The Kier molecular flexibility index (Phi) is 7.11. The summed E-state index contributed by atoms with van der Waals surface area (Å²) in [5, 5.41) is 2.72. The molecule has 5 heteroatoms. The van der Waals surface area contributed by atoms with Crippen molar-refractivity contribution in [1.82, 2.24) is 5.32 Å². The maximum atomic E-state index is 12.5. The summed E-state index contributed by atoms with van der Waals surface area (Å²) in [5.41, 5.74) is 8.53. The van der Waals surface area contributed by atoms with Gasteiger partial charge in [-0.1, -0.05) is 84.9 Å². The number of aryl methyl sites for hydroxylation is 1. The molecule has 0 spiro atoms. The summed E-state index contributed by atoms with van der Waals surface area (Å²) in [7, 11) is 0. The van der Waals surface area contributed by atoms with Gasteiger partial charge in [0.15, 0.2) is 5.78 Å². The summed E-state index contributed by atoms with van der Waals surface area (Å²) >= 11 is 0. The number of nitrogens with one attached hydrogen (secondary N) is 1. The fourth-order valence-corrected chi connectivity index (χ4v) is 3.18. The van der Waals surface area contributed by atoms with E-state index in [0.717, 1.165) is 11.1 Å². The van der Waals surface area contributed by atoms with E-state index in [4.69, 9.17) is 5.73 Å². The first-order valence-electron chi connectivity index (χ1n) is 9.84. The van der Waals surface area contributed by atoms with Crippen LogP contribution in [0, 0.1) is 0 Å². The highest BCUT2D eigenvalue weighted by Crippen LogP contribution is 2.12. The molecule has 152 valence electrons. The molecular weight excluding hydrogens is 376 g/mol. The third-order valence-electron chi connectivity index (χ3n) is 4.85. The average Bonchev–Trinajstić information content (AvgIpc) is 2.78. The van der Waals surface area contributed by atoms with Crippen LogP contribution in [0.15, 0.2) is 84.9 Å². The normalized spacial score (nSPS) is 11.5. The Morgan fingerprint density at radius 2 is 1.30 bits per heavy atom. The molecule has 0 aromatic heterocycles. The molecule has 1 atom stereocenters. The number of benzene rings is 3. The van der Waals surface area contributed by atoms with Gasteiger partial charge in [-0.15, -0.1) is 0 Å². The second kappa shape index (κ2) is 10.2. The fraction of sp³-hybridized carbons (Fsp3) is 0.160. The fourth-order valence-electron chi connectivity index (χ4n) is 3.18. The van der Waals surface area contributed by atoms with E-state index in [2.05, 4.69) is 5.32 Å². The summed E-state index contributed by atoms with van der Waals surface area (Å²) in [6.07, 6.45) is 1.14. The van der Waals surface area contributed by atoms with Gasteiger partial charge >= 0.3 is 0 Å². The topological polar surface area (TPSA) is 89.3 Å². The number of ketones is 1. The molecule has 5 nitrogen and oxygen atoms in total. The van der Waals surface area contributed by atoms with Crippen LogP contribution in [-0.2, 0) is 22.4 Å². The Morgan fingerprint density at radius 3 is 1.90 bits per heavy atom. The molecule has 3 aromatic carbocycles. The minimum atomic E-state index is -0.802. The minimum Gasteiger partial charge on any atom is -0.368 e. The van der Waals surface area contributed by atoms with E-state index in [0.29, 0.717) is 17.5 Å². The van der Waals surface area contributed by atoms with Gasteiger partial charge in [-0.2, -0.15) is 0 Å². The monoisotopic (exact) mass is 400 g/mol. The third kappa shape index (κ3) is 5.88. The molecule has 0 heterocycles. The smallest absolute Gasteiger partial charge is 0.240 e. The highest BCUT2D eigenvalue weighted by molar-refractivity contribution is 6.08. The zero-order valence-corrected chi connectivity index (χ0v) is 16.6. The lowest BCUT2D eigenvalue weighted by atomic mass is 9.99. The van der Waals surface area contributed by atoms with E-state index in [1.165, 1.54) is 0 Å². The first-order chi connectivity index (χ1) is 14.5. The Balaban J connectivity index is 1.58. The number of carbonyl (C=O) groups excluding carboxylic acids is 3. The van der Waals surface area contributed by atoms with Crippen LogP contribution < -0.4 is 11.1 Å². The van der Waals surface area contributed by atoms with Gasteiger partial charge in [-0.3, -0.25) is 14.4 Å². The Hall–Kier alpha value is -3.73. The molecule has 0 unspecified atom stereocenters. The van der Waals surface area contributed by atoms with E-state index in [-0.39, 0.29) is 24.5 Å². The molecule has 0 aliphatic rings. The van der Waals surface area contributed by atoms with Crippen LogP contribution >= 0.6 is 0 Å². The van der Waals surface area contributed by atoms with Crippen LogP contribution in [0.5, 0.6) is 0 Å². The van der Waals surface area contributed by atoms with Crippen molar-refractivity contribution in [3.05, 3.63) is 107 Å². The van der Waals surface area contributed by atoms with Crippen LogP contribution in [0.2, 0.25) is 0 Å². The number of hydrogen-bond acceptors (Lipinski definition) is 3. The average molecular weight is 400 g/mol. The van der Waals surface area contributed by atoms with Crippen molar-refractivity contribution >= 4 is 17.6 Å². The summed E-state index contributed by atoms with van der Waals surface area (Å²) in [4.78, 5) is 36.6. The molecule has 2 amide bonds. The lowest BCUT2D eigenvalue weighted by Gasteiger charge is -2.16.